The Morgan fingerprint density at radius 2 is 1.67 bits per heavy atom. The van der Waals surface area contributed by atoms with E-state index in [0.717, 1.165) is 0 Å². The molecule has 0 saturated carbocycles. The molecule has 0 spiro atoms. The summed E-state index contributed by atoms with van der Waals surface area (Å²) >= 11 is 0. The summed E-state index contributed by atoms with van der Waals surface area (Å²) in [5.41, 5.74) is 2.82. The molecule has 0 aliphatic heterocycles. The number of nitrogens with zero attached hydrogens (tertiary/aromatic N) is 1. The first-order valence-electron chi connectivity index (χ1n) is 5.42. The largest absolute Gasteiger partial charge is 0.311 e. The maximum Gasteiger partial charge on any atom is 0 e. The Kier molecular flexibility index (Phi) is 9.40. The Balaban J connectivity index is 0. The first-order chi connectivity index (χ1) is 7.11. The summed E-state index contributed by atoms with van der Waals surface area (Å²) in [7, 11) is 4.25. The third-order valence-corrected chi connectivity index (χ3v) is 3.26. The molecule has 2 aromatic rings. The van der Waals surface area contributed by atoms with Crippen molar-refractivity contribution in [2.45, 2.75) is 19.9 Å². The van der Waals surface area contributed by atoms with Gasteiger partial charge in [-0.3, -0.25) is 0 Å². The van der Waals surface area contributed by atoms with Crippen LogP contribution in [0, 0.1) is 6.92 Å². The van der Waals surface area contributed by atoms with Gasteiger partial charge >= 0.3 is 0 Å². The molecule has 0 bridgehead atoms. The Bertz CT molecular complexity index is 480. The Hall–Kier alpha value is 0.0843. The Labute approximate surface area is 137 Å². The topological polar surface area (TPSA) is 3.24 Å². The summed E-state index contributed by atoms with van der Waals surface area (Å²) in [4.78, 5) is 2.25. The summed E-state index contributed by atoms with van der Waals surface area (Å²) in [5, 5.41) is 2.79. The van der Waals surface area contributed by atoms with Crippen LogP contribution in [0.3, 0.4) is 0 Å². The number of rotatable bonds is 2. The number of fused-ring (bicyclic) bond motifs is 1. The van der Waals surface area contributed by atoms with Gasteiger partial charge in [0.25, 0.3) is 0 Å². The van der Waals surface area contributed by atoms with Gasteiger partial charge in [0.15, 0.2) is 0 Å². The summed E-state index contributed by atoms with van der Waals surface area (Å²) < 4.78 is 0. The zero-order chi connectivity index (χ0) is 11.0. The minimum absolute atomic E-state index is 0. The van der Waals surface area contributed by atoms with E-state index in [0.29, 0.717) is 6.04 Å². The summed E-state index contributed by atoms with van der Waals surface area (Å²) in [6.07, 6.45) is 0. The van der Waals surface area contributed by atoms with Crippen molar-refractivity contribution >= 4 is 35.6 Å². The van der Waals surface area contributed by atoms with Gasteiger partial charge in [-0.15, -0.1) is 65.4 Å². The molecule has 0 fully saturated rings. The standard InChI is InChI=1S/C14H18N.2ClH.Ti/c1-10-9-14(11(2)15(3)4)13-8-6-5-7-12(10)13;;;/h5-9,11H,1-4H3;2*1H;/q-1;;;. The van der Waals surface area contributed by atoms with E-state index in [1.165, 1.54) is 21.9 Å². The van der Waals surface area contributed by atoms with Gasteiger partial charge in [-0.05, 0) is 20.1 Å². The van der Waals surface area contributed by atoms with Crippen LogP contribution in [0.4, 0.5) is 0 Å². The van der Waals surface area contributed by atoms with Crippen LogP contribution in [0.25, 0.3) is 10.8 Å². The fraction of sp³-hybridized carbons (Fsp3) is 0.357. The van der Waals surface area contributed by atoms with Crippen LogP contribution >= 0.6 is 24.8 Å². The van der Waals surface area contributed by atoms with Crippen LogP contribution in [0.1, 0.15) is 24.1 Å². The Morgan fingerprint density at radius 1 is 1.11 bits per heavy atom. The van der Waals surface area contributed by atoms with E-state index in [2.05, 4.69) is 63.2 Å². The van der Waals surface area contributed by atoms with E-state index in [1.54, 1.807) is 0 Å². The molecule has 18 heavy (non-hydrogen) atoms. The second kappa shape index (κ2) is 8.29. The maximum absolute atomic E-state index is 2.31. The number of hydrogen-bond acceptors (Lipinski definition) is 1. The third-order valence-electron chi connectivity index (χ3n) is 3.26. The van der Waals surface area contributed by atoms with Crippen LogP contribution in [0.15, 0.2) is 30.3 Å². The van der Waals surface area contributed by atoms with Crippen LogP contribution in [-0.2, 0) is 21.7 Å². The number of aryl methyl sites for hydroxylation is 1. The van der Waals surface area contributed by atoms with Crippen molar-refractivity contribution in [3.05, 3.63) is 41.5 Å². The number of halogens is 2. The normalized spacial score (nSPS) is 11.4. The third kappa shape index (κ3) is 3.79. The van der Waals surface area contributed by atoms with Crippen molar-refractivity contribution in [1.82, 2.24) is 4.90 Å². The van der Waals surface area contributed by atoms with Crippen molar-refractivity contribution in [2.75, 3.05) is 14.1 Å². The first kappa shape index (κ1) is 20.4. The monoisotopic (exact) mass is 320 g/mol. The SMILES string of the molecule is Cc1c[c-](C(C)N(C)C)c2ccccc12.Cl.Cl.[Ti]. The van der Waals surface area contributed by atoms with E-state index < -0.39 is 0 Å². The Morgan fingerprint density at radius 3 is 2.22 bits per heavy atom. The average molecular weight is 321 g/mol. The minimum atomic E-state index is 0. The maximum atomic E-state index is 2.31. The van der Waals surface area contributed by atoms with Gasteiger partial charge in [0.1, 0.15) is 0 Å². The van der Waals surface area contributed by atoms with Crippen LogP contribution in [0.5, 0.6) is 0 Å². The summed E-state index contributed by atoms with van der Waals surface area (Å²) in [5.74, 6) is 0. The van der Waals surface area contributed by atoms with E-state index in [-0.39, 0.29) is 46.5 Å². The predicted octanol–water partition coefficient (Wildman–Crippen LogP) is 4.33. The summed E-state index contributed by atoms with van der Waals surface area (Å²) in [6.45, 7) is 4.44. The predicted molar refractivity (Wildman–Crippen MR) is 80.9 cm³/mol. The van der Waals surface area contributed by atoms with Gasteiger partial charge < -0.3 is 4.90 Å². The smallest absolute Gasteiger partial charge is 0 e. The molecule has 0 radical (unpaired) electrons. The molecule has 0 saturated heterocycles. The second-order valence-corrected chi connectivity index (χ2v) is 4.47. The molecular formula is C14H20Cl2NTi-. The zero-order valence-electron chi connectivity index (χ0n) is 11.2. The number of benzene rings is 1. The van der Waals surface area contributed by atoms with Crippen molar-refractivity contribution in [3.63, 3.8) is 0 Å². The fourth-order valence-corrected chi connectivity index (χ4v) is 2.09. The van der Waals surface area contributed by atoms with Crippen molar-refractivity contribution in [2.24, 2.45) is 0 Å². The molecule has 0 N–H and O–H groups in total. The van der Waals surface area contributed by atoms with Crippen LogP contribution in [-0.4, -0.2) is 19.0 Å². The molecule has 2 rings (SSSR count). The van der Waals surface area contributed by atoms with Crippen molar-refractivity contribution in [1.29, 1.82) is 0 Å². The van der Waals surface area contributed by atoms with Gasteiger partial charge in [-0.25, -0.2) is 0 Å². The van der Waals surface area contributed by atoms with E-state index in [9.17, 15) is 0 Å². The van der Waals surface area contributed by atoms with Gasteiger partial charge in [0, 0.05) is 21.7 Å². The molecule has 0 amide bonds. The molecule has 0 aliphatic carbocycles. The summed E-state index contributed by atoms with van der Waals surface area (Å²) in [6, 6.07) is 11.4. The molecule has 4 heteroatoms. The van der Waals surface area contributed by atoms with Gasteiger partial charge in [0.2, 0.25) is 0 Å². The molecule has 1 unspecified atom stereocenters. The second-order valence-electron chi connectivity index (χ2n) is 4.47. The molecule has 2 aromatic carbocycles. The van der Waals surface area contributed by atoms with Crippen molar-refractivity contribution in [3.8, 4) is 0 Å². The molecule has 0 aromatic heterocycles. The molecular weight excluding hydrogens is 301 g/mol. The van der Waals surface area contributed by atoms with Gasteiger partial charge in [-0.1, -0.05) is 19.9 Å². The van der Waals surface area contributed by atoms with Crippen molar-refractivity contribution < 1.29 is 21.7 Å². The quantitative estimate of drug-likeness (QED) is 0.588. The molecule has 1 nitrogen and oxygen atoms in total. The van der Waals surface area contributed by atoms with E-state index in [1.807, 2.05) is 0 Å². The van der Waals surface area contributed by atoms with Gasteiger partial charge in [-0.2, -0.15) is 5.56 Å². The van der Waals surface area contributed by atoms with E-state index >= 15 is 0 Å². The van der Waals surface area contributed by atoms with Crippen LogP contribution < -0.4 is 0 Å². The molecule has 0 aliphatic rings. The molecule has 0 heterocycles. The first-order valence-corrected chi connectivity index (χ1v) is 5.42. The van der Waals surface area contributed by atoms with Gasteiger partial charge in [0.05, 0.1) is 0 Å². The zero-order valence-corrected chi connectivity index (χ0v) is 14.4. The molecule has 100 valence electrons. The number of hydrogen-bond donors (Lipinski definition) is 0. The fourth-order valence-electron chi connectivity index (χ4n) is 2.09. The minimum Gasteiger partial charge on any atom is -0.311 e. The van der Waals surface area contributed by atoms with E-state index in [4.69, 9.17) is 0 Å². The average Bonchev–Trinajstić information content (AvgIpc) is 2.56. The van der Waals surface area contributed by atoms with Crippen LogP contribution in [0.2, 0.25) is 0 Å². The molecule has 1 atom stereocenters.